The first-order chi connectivity index (χ1) is 11.6. The van der Waals surface area contributed by atoms with Crippen LogP contribution in [-0.4, -0.2) is 26.1 Å². The number of rotatable bonds is 4. The fraction of sp³-hybridized carbons (Fsp3) is 0.111. The van der Waals surface area contributed by atoms with E-state index in [4.69, 9.17) is 14.2 Å². The van der Waals surface area contributed by atoms with E-state index in [-0.39, 0.29) is 5.70 Å². The summed E-state index contributed by atoms with van der Waals surface area (Å²) >= 11 is 2.18. The van der Waals surface area contributed by atoms with Crippen LogP contribution < -0.4 is 9.47 Å². The predicted molar refractivity (Wildman–Crippen MR) is 99.3 cm³/mol. The van der Waals surface area contributed by atoms with Crippen molar-refractivity contribution in [2.75, 3.05) is 14.2 Å². The van der Waals surface area contributed by atoms with Gasteiger partial charge in [0.25, 0.3) is 0 Å². The number of hydrogen-bond donors (Lipinski definition) is 0. The maximum absolute atomic E-state index is 12.1. The zero-order valence-electron chi connectivity index (χ0n) is 13.1. The van der Waals surface area contributed by atoms with Crippen molar-refractivity contribution in [2.45, 2.75) is 0 Å². The van der Waals surface area contributed by atoms with E-state index in [1.165, 1.54) is 0 Å². The van der Waals surface area contributed by atoms with Gasteiger partial charge in [-0.1, -0.05) is 24.3 Å². The number of cyclic esters (lactones) is 1. The maximum Gasteiger partial charge on any atom is 0.363 e. The van der Waals surface area contributed by atoms with Gasteiger partial charge in [0.2, 0.25) is 5.90 Å². The second-order valence-electron chi connectivity index (χ2n) is 4.90. The van der Waals surface area contributed by atoms with Crippen molar-refractivity contribution in [1.29, 1.82) is 0 Å². The van der Waals surface area contributed by atoms with Gasteiger partial charge in [-0.25, -0.2) is 9.79 Å². The SMILES string of the molecule is COc1cccc(C=C2N=C(c3ccccc3I)OC2=O)c1OC. The highest BCUT2D eigenvalue weighted by Gasteiger charge is 2.25. The molecule has 0 fully saturated rings. The van der Waals surface area contributed by atoms with E-state index in [1.54, 1.807) is 26.4 Å². The van der Waals surface area contributed by atoms with Gasteiger partial charge >= 0.3 is 5.97 Å². The third-order valence-corrected chi connectivity index (χ3v) is 4.39. The first kappa shape index (κ1) is 16.5. The van der Waals surface area contributed by atoms with Gasteiger partial charge < -0.3 is 14.2 Å². The Morgan fingerprint density at radius 1 is 1.08 bits per heavy atom. The largest absolute Gasteiger partial charge is 0.493 e. The monoisotopic (exact) mass is 435 g/mol. The van der Waals surface area contributed by atoms with E-state index in [9.17, 15) is 4.79 Å². The van der Waals surface area contributed by atoms with Crippen LogP contribution in [0.1, 0.15) is 11.1 Å². The van der Waals surface area contributed by atoms with E-state index in [0.29, 0.717) is 23.0 Å². The van der Waals surface area contributed by atoms with Gasteiger partial charge in [0.15, 0.2) is 17.2 Å². The first-order valence-electron chi connectivity index (χ1n) is 7.12. The van der Waals surface area contributed by atoms with Crippen LogP contribution in [0.4, 0.5) is 0 Å². The van der Waals surface area contributed by atoms with E-state index >= 15 is 0 Å². The summed E-state index contributed by atoms with van der Waals surface area (Å²) < 4.78 is 16.9. The molecule has 122 valence electrons. The number of hydrogen-bond acceptors (Lipinski definition) is 5. The fourth-order valence-electron chi connectivity index (χ4n) is 2.33. The molecule has 0 saturated carbocycles. The molecule has 1 heterocycles. The number of esters is 1. The molecular weight excluding hydrogens is 421 g/mol. The Kier molecular flexibility index (Phi) is 4.84. The van der Waals surface area contributed by atoms with Gasteiger partial charge in [-0.15, -0.1) is 0 Å². The van der Waals surface area contributed by atoms with E-state index in [0.717, 1.165) is 9.13 Å². The van der Waals surface area contributed by atoms with Crippen molar-refractivity contribution in [3.05, 3.63) is 62.9 Å². The molecule has 24 heavy (non-hydrogen) atoms. The van der Waals surface area contributed by atoms with Crippen molar-refractivity contribution in [2.24, 2.45) is 4.99 Å². The van der Waals surface area contributed by atoms with Crippen molar-refractivity contribution < 1.29 is 19.0 Å². The number of nitrogens with zero attached hydrogens (tertiary/aromatic N) is 1. The van der Waals surface area contributed by atoms with Crippen molar-refractivity contribution in [3.63, 3.8) is 0 Å². The summed E-state index contributed by atoms with van der Waals surface area (Å²) in [5.41, 5.74) is 1.69. The Bertz CT molecular complexity index is 858. The molecule has 3 rings (SSSR count). The number of carbonyl (C=O) groups excluding carboxylic acids is 1. The third kappa shape index (κ3) is 3.14. The molecule has 0 N–H and O–H groups in total. The van der Waals surface area contributed by atoms with Gasteiger partial charge in [0, 0.05) is 9.13 Å². The minimum atomic E-state index is -0.491. The molecule has 6 heteroatoms. The molecule has 1 aliphatic heterocycles. The molecule has 0 saturated heterocycles. The summed E-state index contributed by atoms with van der Waals surface area (Å²) in [4.78, 5) is 16.5. The van der Waals surface area contributed by atoms with Crippen LogP contribution in [0.3, 0.4) is 0 Å². The number of benzene rings is 2. The molecule has 2 aromatic rings. The molecule has 0 atom stereocenters. The molecular formula is C18H14INO4. The van der Waals surface area contributed by atoms with Crippen molar-refractivity contribution in [1.82, 2.24) is 0 Å². The smallest absolute Gasteiger partial charge is 0.363 e. The first-order valence-corrected chi connectivity index (χ1v) is 8.20. The second-order valence-corrected chi connectivity index (χ2v) is 6.06. The van der Waals surface area contributed by atoms with Crippen LogP contribution in [0, 0.1) is 3.57 Å². The van der Waals surface area contributed by atoms with Crippen molar-refractivity contribution >= 4 is 40.5 Å². The molecule has 1 aliphatic rings. The number of methoxy groups -OCH3 is 2. The minimum absolute atomic E-state index is 0.219. The van der Waals surface area contributed by atoms with Gasteiger partial charge in [0.1, 0.15) is 0 Å². The standard InChI is InChI=1S/C18H14INO4/c1-22-15-9-5-6-11(16(15)23-2)10-14-18(21)24-17(20-14)12-7-3-4-8-13(12)19/h3-10H,1-2H3. The summed E-state index contributed by atoms with van der Waals surface area (Å²) in [6, 6.07) is 13.0. The zero-order chi connectivity index (χ0) is 17.1. The minimum Gasteiger partial charge on any atom is -0.493 e. The van der Waals surface area contributed by atoms with Gasteiger partial charge in [-0.3, -0.25) is 0 Å². The quantitative estimate of drug-likeness (QED) is 0.418. The maximum atomic E-state index is 12.1. The Morgan fingerprint density at radius 2 is 1.88 bits per heavy atom. The number of carbonyl (C=O) groups is 1. The van der Waals surface area contributed by atoms with Crippen LogP contribution >= 0.6 is 22.6 Å². The fourth-order valence-corrected chi connectivity index (χ4v) is 2.95. The lowest BCUT2D eigenvalue weighted by Crippen LogP contribution is -2.06. The average Bonchev–Trinajstić information content (AvgIpc) is 2.95. The highest BCUT2D eigenvalue weighted by Crippen LogP contribution is 2.33. The lowest BCUT2D eigenvalue weighted by molar-refractivity contribution is -0.129. The van der Waals surface area contributed by atoms with Gasteiger partial charge in [0.05, 0.1) is 19.8 Å². The number of aliphatic imine (C=N–C) groups is 1. The molecule has 0 radical (unpaired) electrons. The predicted octanol–water partition coefficient (Wildman–Crippen LogP) is 3.65. The molecule has 0 spiro atoms. The molecule has 0 aliphatic carbocycles. The average molecular weight is 435 g/mol. The second kappa shape index (κ2) is 7.04. The summed E-state index contributed by atoms with van der Waals surface area (Å²) in [5.74, 6) is 0.936. The van der Waals surface area contributed by atoms with Crippen LogP contribution in [-0.2, 0) is 9.53 Å². The lowest BCUT2D eigenvalue weighted by atomic mass is 10.1. The van der Waals surface area contributed by atoms with Crippen molar-refractivity contribution in [3.8, 4) is 11.5 Å². The van der Waals surface area contributed by atoms with E-state index in [1.807, 2.05) is 36.4 Å². The van der Waals surface area contributed by atoms with Crippen LogP contribution in [0.2, 0.25) is 0 Å². The topological polar surface area (TPSA) is 57.1 Å². The van der Waals surface area contributed by atoms with Crippen LogP contribution in [0.25, 0.3) is 6.08 Å². The molecule has 2 aromatic carbocycles. The zero-order valence-corrected chi connectivity index (χ0v) is 15.2. The van der Waals surface area contributed by atoms with Gasteiger partial charge in [-0.2, -0.15) is 0 Å². The highest BCUT2D eigenvalue weighted by molar-refractivity contribution is 14.1. The number of ether oxygens (including phenoxy) is 3. The van der Waals surface area contributed by atoms with E-state index < -0.39 is 5.97 Å². The third-order valence-electron chi connectivity index (χ3n) is 3.45. The van der Waals surface area contributed by atoms with E-state index in [2.05, 4.69) is 27.6 Å². The molecule has 5 nitrogen and oxygen atoms in total. The summed E-state index contributed by atoms with van der Waals surface area (Å²) in [5, 5.41) is 0. The Balaban J connectivity index is 2.03. The summed E-state index contributed by atoms with van der Waals surface area (Å²) in [6.45, 7) is 0. The van der Waals surface area contributed by atoms with Gasteiger partial charge in [-0.05, 0) is 46.9 Å². The Labute approximate surface area is 153 Å². The molecule has 0 unspecified atom stereocenters. The molecule has 0 amide bonds. The molecule has 0 bridgehead atoms. The normalized spacial score (nSPS) is 15.2. The van der Waals surface area contributed by atoms with Crippen LogP contribution in [0.15, 0.2) is 53.2 Å². The molecule has 0 aromatic heterocycles. The number of halogens is 1. The summed E-state index contributed by atoms with van der Waals surface area (Å²) in [7, 11) is 3.11. The van der Waals surface area contributed by atoms with Crippen LogP contribution in [0.5, 0.6) is 11.5 Å². The lowest BCUT2D eigenvalue weighted by Gasteiger charge is -2.09. The number of para-hydroxylation sites is 1. The Hall–Kier alpha value is -2.35. The highest BCUT2D eigenvalue weighted by atomic mass is 127. The summed E-state index contributed by atoms with van der Waals surface area (Å²) in [6.07, 6.45) is 1.63. The Morgan fingerprint density at radius 3 is 2.58 bits per heavy atom.